The minimum Gasteiger partial charge on any atom is -0.508 e. The summed E-state index contributed by atoms with van der Waals surface area (Å²) in [7, 11) is 0. The van der Waals surface area contributed by atoms with Crippen LogP contribution in [0, 0.1) is 0 Å². The molecule has 94 valence electrons. The van der Waals surface area contributed by atoms with Crippen LogP contribution in [0.4, 0.5) is 0 Å². The third-order valence-corrected chi connectivity index (χ3v) is 3.25. The van der Waals surface area contributed by atoms with Gasteiger partial charge in [0.05, 0.1) is 12.4 Å². The summed E-state index contributed by atoms with van der Waals surface area (Å²) in [6.07, 6.45) is 3.42. The van der Waals surface area contributed by atoms with Crippen molar-refractivity contribution in [1.29, 1.82) is 0 Å². The second-order valence-electron chi connectivity index (χ2n) is 4.36. The minimum absolute atomic E-state index is 0.0558. The molecular weight excluding hydrogens is 232 g/mol. The second kappa shape index (κ2) is 4.32. The third kappa shape index (κ3) is 1.81. The van der Waals surface area contributed by atoms with Gasteiger partial charge in [0.1, 0.15) is 11.5 Å². The molecule has 6 heteroatoms. The van der Waals surface area contributed by atoms with Crippen molar-refractivity contribution in [2.24, 2.45) is 0 Å². The maximum absolute atomic E-state index is 9.91. The molecule has 2 aromatic rings. The average molecular weight is 246 g/mol. The number of phenolic OH excluding ortho intramolecular Hbond substituents is 2. The van der Waals surface area contributed by atoms with Crippen LogP contribution in [0.5, 0.6) is 11.5 Å². The number of imidazole rings is 1. The van der Waals surface area contributed by atoms with Crippen LogP contribution in [0.2, 0.25) is 0 Å². The summed E-state index contributed by atoms with van der Waals surface area (Å²) < 4.78 is 0. The van der Waals surface area contributed by atoms with Crippen molar-refractivity contribution in [1.82, 2.24) is 20.8 Å². The highest BCUT2D eigenvalue weighted by Crippen LogP contribution is 2.37. The zero-order valence-electron chi connectivity index (χ0n) is 9.59. The number of hydrogen-bond acceptors (Lipinski definition) is 5. The maximum Gasteiger partial charge on any atom is 0.124 e. The molecule has 1 fully saturated rings. The Morgan fingerprint density at radius 3 is 2.89 bits per heavy atom. The van der Waals surface area contributed by atoms with Crippen molar-refractivity contribution in [2.75, 3.05) is 6.54 Å². The summed E-state index contributed by atoms with van der Waals surface area (Å²) in [4.78, 5) is 7.11. The average Bonchev–Trinajstić information content (AvgIpc) is 2.98. The molecule has 2 unspecified atom stereocenters. The van der Waals surface area contributed by atoms with Crippen molar-refractivity contribution >= 4 is 0 Å². The molecule has 5 N–H and O–H groups in total. The van der Waals surface area contributed by atoms with E-state index < -0.39 is 0 Å². The standard InChI is InChI=1S/C12H14N4O2/c17-7-1-2-8(11(18)3-7)12-9(4-15-16-12)10-5-13-6-14-10/h1-3,5-6,9,12,15-18H,4H2,(H,13,14). The first-order valence-electron chi connectivity index (χ1n) is 5.74. The number of nitrogens with zero attached hydrogens (tertiary/aromatic N) is 1. The molecule has 1 saturated heterocycles. The van der Waals surface area contributed by atoms with E-state index in [2.05, 4.69) is 20.8 Å². The maximum atomic E-state index is 9.91. The minimum atomic E-state index is -0.0638. The monoisotopic (exact) mass is 246 g/mol. The van der Waals surface area contributed by atoms with Gasteiger partial charge in [0.15, 0.2) is 0 Å². The van der Waals surface area contributed by atoms with Crippen LogP contribution in [-0.2, 0) is 0 Å². The quantitative estimate of drug-likeness (QED) is 0.539. The van der Waals surface area contributed by atoms with E-state index in [9.17, 15) is 10.2 Å². The molecule has 0 amide bonds. The van der Waals surface area contributed by atoms with Crippen LogP contribution in [0.3, 0.4) is 0 Å². The number of aromatic nitrogens is 2. The van der Waals surface area contributed by atoms with Gasteiger partial charge < -0.3 is 15.2 Å². The van der Waals surface area contributed by atoms with E-state index in [4.69, 9.17) is 0 Å². The Kier molecular flexibility index (Phi) is 2.66. The van der Waals surface area contributed by atoms with E-state index in [0.29, 0.717) is 0 Å². The zero-order valence-corrected chi connectivity index (χ0v) is 9.59. The smallest absolute Gasteiger partial charge is 0.124 e. The largest absolute Gasteiger partial charge is 0.508 e. The molecule has 0 bridgehead atoms. The summed E-state index contributed by atoms with van der Waals surface area (Å²) in [6.45, 7) is 0.743. The Labute approximate surface area is 104 Å². The van der Waals surface area contributed by atoms with Gasteiger partial charge in [-0.2, -0.15) is 0 Å². The summed E-state index contributed by atoms with van der Waals surface area (Å²) in [6, 6.07) is 4.57. The van der Waals surface area contributed by atoms with Gasteiger partial charge in [0.2, 0.25) is 0 Å². The molecule has 1 aromatic heterocycles. The molecule has 0 aliphatic carbocycles. The lowest BCUT2D eigenvalue weighted by Gasteiger charge is -2.18. The van der Waals surface area contributed by atoms with Gasteiger partial charge in [0, 0.05) is 36.0 Å². The van der Waals surface area contributed by atoms with Gasteiger partial charge >= 0.3 is 0 Å². The van der Waals surface area contributed by atoms with Crippen LogP contribution in [0.25, 0.3) is 0 Å². The molecule has 1 aliphatic heterocycles. The van der Waals surface area contributed by atoms with Crippen LogP contribution in [-0.4, -0.2) is 26.7 Å². The molecule has 1 aliphatic rings. The predicted octanol–water partition coefficient (Wildman–Crippen LogP) is 0.754. The predicted molar refractivity (Wildman–Crippen MR) is 65.0 cm³/mol. The lowest BCUT2D eigenvalue weighted by molar-refractivity contribution is 0.432. The third-order valence-electron chi connectivity index (χ3n) is 3.25. The van der Waals surface area contributed by atoms with Gasteiger partial charge in [-0.25, -0.2) is 10.4 Å². The number of aromatic hydroxyl groups is 2. The molecule has 0 radical (unpaired) electrons. The van der Waals surface area contributed by atoms with Crippen LogP contribution in [0.1, 0.15) is 23.2 Å². The fourth-order valence-electron chi connectivity index (χ4n) is 2.35. The lowest BCUT2D eigenvalue weighted by atomic mass is 9.92. The normalized spacial score (nSPS) is 23.3. The molecule has 1 aromatic carbocycles. The van der Waals surface area contributed by atoms with Gasteiger partial charge in [0.25, 0.3) is 0 Å². The first kappa shape index (κ1) is 11.1. The number of phenols is 2. The molecule has 2 atom stereocenters. The Morgan fingerprint density at radius 1 is 1.28 bits per heavy atom. The van der Waals surface area contributed by atoms with Crippen molar-refractivity contribution in [3.8, 4) is 11.5 Å². The summed E-state index contributed by atoms with van der Waals surface area (Å²) in [5, 5.41) is 19.2. The van der Waals surface area contributed by atoms with E-state index in [1.165, 1.54) is 6.07 Å². The van der Waals surface area contributed by atoms with Crippen LogP contribution < -0.4 is 10.9 Å². The molecule has 2 heterocycles. The topological polar surface area (TPSA) is 93.2 Å². The molecular formula is C12H14N4O2. The Morgan fingerprint density at radius 2 is 2.17 bits per heavy atom. The van der Waals surface area contributed by atoms with Crippen molar-refractivity contribution < 1.29 is 10.2 Å². The summed E-state index contributed by atoms with van der Waals surface area (Å²) in [5.74, 6) is 0.295. The summed E-state index contributed by atoms with van der Waals surface area (Å²) in [5.41, 5.74) is 7.96. The molecule has 6 nitrogen and oxygen atoms in total. The number of H-pyrrole nitrogens is 1. The number of hydrogen-bond donors (Lipinski definition) is 5. The van der Waals surface area contributed by atoms with Gasteiger partial charge in [-0.1, -0.05) is 6.07 Å². The van der Waals surface area contributed by atoms with Gasteiger partial charge in [-0.05, 0) is 6.07 Å². The van der Waals surface area contributed by atoms with Crippen molar-refractivity contribution in [3.63, 3.8) is 0 Å². The van der Waals surface area contributed by atoms with Crippen molar-refractivity contribution in [2.45, 2.75) is 12.0 Å². The van der Waals surface area contributed by atoms with Crippen molar-refractivity contribution in [3.05, 3.63) is 42.0 Å². The van der Waals surface area contributed by atoms with Crippen LogP contribution in [0.15, 0.2) is 30.7 Å². The Hall–Kier alpha value is -2.05. The number of nitrogens with one attached hydrogen (secondary N) is 3. The zero-order chi connectivity index (χ0) is 12.5. The van der Waals surface area contributed by atoms with E-state index in [1.54, 1.807) is 24.7 Å². The molecule has 0 spiro atoms. The molecule has 0 saturated carbocycles. The fourth-order valence-corrected chi connectivity index (χ4v) is 2.35. The Bertz CT molecular complexity index is 541. The first-order valence-corrected chi connectivity index (χ1v) is 5.74. The van der Waals surface area contributed by atoms with Crippen LogP contribution >= 0.6 is 0 Å². The fraction of sp³-hybridized carbons (Fsp3) is 0.250. The van der Waals surface area contributed by atoms with E-state index in [-0.39, 0.29) is 23.5 Å². The highest BCUT2D eigenvalue weighted by atomic mass is 16.3. The molecule has 3 rings (SSSR count). The second-order valence-corrected chi connectivity index (χ2v) is 4.36. The number of hydrazine groups is 1. The van der Waals surface area contributed by atoms with E-state index in [0.717, 1.165) is 17.8 Å². The molecule has 18 heavy (non-hydrogen) atoms. The SMILES string of the molecule is Oc1ccc(C2NNCC2c2cnc[nH]2)c(O)c1. The number of aromatic amines is 1. The highest BCUT2D eigenvalue weighted by Gasteiger charge is 2.32. The summed E-state index contributed by atoms with van der Waals surface area (Å²) >= 11 is 0. The van der Waals surface area contributed by atoms with Gasteiger partial charge in [-0.3, -0.25) is 5.43 Å². The van der Waals surface area contributed by atoms with Gasteiger partial charge in [-0.15, -0.1) is 0 Å². The van der Waals surface area contributed by atoms with E-state index in [1.807, 2.05) is 0 Å². The Balaban J connectivity index is 1.95. The number of benzene rings is 1. The van der Waals surface area contributed by atoms with E-state index >= 15 is 0 Å². The first-order chi connectivity index (χ1) is 8.75. The number of rotatable bonds is 2. The highest BCUT2D eigenvalue weighted by molar-refractivity contribution is 5.42. The lowest BCUT2D eigenvalue weighted by Crippen LogP contribution is -2.24.